The Labute approximate surface area is 194 Å². The van der Waals surface area contributed by atoms with Gasteiger partial charge in [-0.2, -0.15) is 5.10 Å². The van der Waals surface area contributed by atoms with Crippen LogP contribution in [0.1, 0.15) is 13.8 Å². The van der Waals surface area contributed by atoms with Gasteiger partial charge in [-0.25, -0.2) is 10.2 Å². The molecular formula is C25H28N3O4P. The summed E-state index contributed by atoms with van der Waals surface area (Å²) < 4.78 is 25.1. The van der Waals surface area contributed by atoms with Crippen LogP contribution in [0.3, 0.4) is 0 Å². The Kier molecular flexibility index (Phi) is 8.28. The highest BCUT2D eigenvalue weighted by atomic mass is 31.2. The fraction of sp³-hybridized carbons (Fsp3) is 0.200. The van der Waals surface area contributed by atoms with Crippen molar-refractivity contribution in [3.05, 3.63) is 84.9 Å². The van der Waals surface area contributed by atoms with Crippen LogP contribution in [0.2, 0.25) is 0 Å². The Balaban J connectivity index is 2.12. The zero-order valence-corrected chi connectivity index (χ0v) is 19.8. The van der Waals surface area contributed by atoms with Gasteiger partial charge in [0.05, 0.1) is 19.4 Å². The van der Waals surface area contributed by atoms with Crippen LogP contribution in [0.15, 0.2) is 90.0 Å². The van der Waals surface area contributed by atoms with Crippen LogP contribution >= 0.6 is 7.14 Å². The molecule has 1 unspecified atom stereocenters. The number of amides is 1. The number of nitrogens with zero attached hydrogens (tertiary/aromatic N) is 1. The normalized spacial score (nSPS) is 12.5. The molecule has 1 atom stereocenters. The zero-order valence-electron chi connectivity index (χ0n) is 18.9. The van der Waals surface area contributed by atoms with Gasteiger partial charge in [0.25, 0.3) is 0 Å². The Morgan fingerprint density at radius 2 is 1.48 bits per heavy atom. The summed E-state index contributed by atoms with van der Waals surface area (Å²) in [5, 5.41) is 8.95. The van der Waals surface area contributed by atoms with Crippen LogP contribution in [0, 0.1) is 0 Å². The third kappa shape index (κ3) is 5.82. The molecule has 0 saturated carbocycles. The summed E-state index contributed by atoms with van der Waals surface area (Å²) in [6.07, 6.45) is -0.672. The minimum Gasteiger partial charge on any atom is -0.497 e. The van der Waals surface area contributed by atoms with E-state index in [0.29, 0.717) is 22.1 Å². The fourth-order valence-corrected chi connectivity index (χ4v) is 6.45. The highest BCUT2D eigenvalue weighted by Gasteiger charge is 2.39. The zero-order chi connectivity index (χ0) is 23.7. The van der Waals surface area contributed by atoms with Gasteiger partial charge in [-0.1, -0.05) is 60.7 Å². The average molecular weight is 465 g/mol. The molecule has 3 aromatic rings. The van der Waals surface area contributed by atoms with Crippen molar-refractivity contribution in [3.63, 3.8) is 0 Å². The van der Waals surface area contributed by atoms with Gasteiger partial charge >= 0.3 is 6.09 Å². The van der Waals surface area contributed by atoms with Crippen LogP contribution in [0.5, 0.6) is 5.75 Å². The summed E-state index contributed by atoms with van der Waals surface area (Å²) in [6.45, 7) is 3.66. The largest absolute Gasteiger partial charge is 0.497 e. The van der Waals surface area contributed by atoms with Gasteiger partial charge in [-0.05, 0) is 38.1 Å². The van der Waals surface area contributed by atoms with E-state index in [1.54, 1.807) is 21.0 Å². The standard InChI is InChI=1S/C25H28N3O4P/c1-4-32-25(29)28-27-19(2)24(26-20-15-17-21(31-3)18-16-20)33(30,22-11-7-5-8-12-22)23-13-9-6-10-14-23/h5-18,24,26H,4H2,1-3H3,(H,28,29)/b27-19+. The van der Waals surface area contributed by atoms with Crippen LogP contribution < -0.4 is 26.1 Å². The molecule has 0 saturated heterocycles. The van der Waals surface area contributed by atoms with Crippen molar-refractivity contribution in [2.75, 3.05) is 19.0 Å². The van der Waals surface area contributed by atoms with Crippen LogP contribution in [0.25, 0.3) is 0 Å². The van der Waals surface area contributed by atoms with E-state index in [1.807, 2.05) is 84.9 Å². The predicted molar refractivity (Wildman–Crippen MR) is 133 cm³/mol. The van der Waals surface area contributed by atoms with Crippen molar-refractivity contribution in [2.45, 2.75) is 19.6 Å². The van der Waals surface area contributed by atoms with Crippen molar-refractivity contribution in [1.82, 2.24) is 5.43 Å². The quantitative estimate of drug-likeness (QED) is 0.275. The van der Waals surface area contributed by atoms with Gasteiger partial charge in [0.15, 0.2) is 7.14 Å². The number of methoxy groups -OCH3 is 1. The number of hydrazone groups is 1. The number of anilines is 1. The van der Waals surface area contributed by atoms with E-state index in [4.69, 9.17) is 9.47 Å². The molecule has 3 aromatic carbocycles. The first-order valence-corrected chi connectivity index (χ1v) is 12.3. The first-order valence-electron chi connectivity index (χ1n) is 10.6. The highest BCUT2D eigenvalue weighted by molar-refractivity contribution is 7.80. The first kappa shape index (κ1) is 24.1. The van der Waals surface area contributed by atoms with Gasteiger partial charge in [-0.15, -0.1) is 0 Å². The van der Waals surface area contributed by atoms with Crippen molar-refractivity contribution in [2.24, 2.45) is 5.10 Å². The van der Waals surface area contributed by atoms with Gasteiger partial charge in [0.2, 0.25) is 0 Å². The molecule has 172 valence electrons. The smallest absolute Gasteiger partial charge is 0.427 e. The molecule has 0 heterocycles. The second-order valence-electron chi connectivity index (χ2n) is 7.19. The lowest BCUT2D eigenvalue weighted by Gasteiger charge is -2.30. The summed E-state index contributed by atoms with van der Waals surface area (Å²) >= 11 is 0. The number of ether oxygens (including phenoxy) is 2. The van der Waals surface area contributed by atoms with Crippen LogP contribution in [-0.2, 0) is 9.30 Å². The number of carbonyl (C=O) groups is 1. The van der Waals surface area contributed by atoms with E-state index >= 15 is 0 Å². The molecule has 0 spiro atoms. The maximum atomic E-state index is 14.9. The van der Waals surface area contributed by atoms with Gasteiger partial charge in [-0.3, -0.25) is 0 Å². The van der Waals surface area contributed by atoms with Crippen LogP contribution in [0.4, 0.5) is 10.5 Å². The summed E-state index contributed by atoms with van der Waals surface area (Å²) in [6, 6.07) is 25.9. The molecule has 0 aromatic heterocycles. The molecule has 0 aliphatic heterocycles. The first-order chi connectivity index (χ1) is 16.0. The number of nitrogens with one attached hydrogen (secondary N) is 2. The molecule has 0 aliphatic carbocycles. The van der Waals surface area contributed by atoms with E-state index in [0.717, 1.165) is 5.69 Å². The minimum absolute atomic E-state index is 0.223. The lowest BCUT2D eigenvalue weighted by molar-refractivity contribution is 0.152. The molecule has 3 rings (SSSR count). The van der Waals surface area contributed by atoms with E-state index in [9.17, 15) is 9.36 Å². The summed E-state index contributed by atoms with van der Waals surface area (Å²) in [4.78, 5) is 11.8. The summed E-state index contributed by atoms with van der Waals surface area (Å²) in [5.41, 5.74) is 3.56. The second kappa shape index (κ2) is 11.3. The van der Waals surface area contributed by atoms with E-state index in [2.05, 4.69) is 15.8 Å². The number of hydrogen-bond donors (Lipinski definition) is 2. The number of rotatable bonds is 9. The third-order valence-electron chi connectivity index (χ3n) is 5.03. The SMILES string of the molecule is CCOC(=O)N/N=C(\C)C(Nc1ccc(OC)cc1)P(=O)(c1ccccc1)c1ccccc1. The number of hydrogen-bond acceptors (Lipinski definition) is 6. The van der Waals surface area contributed by atoms with Crippen LogP contribution in [-0.4, -0.2) is 31.3 Å². The lowest BCUT2D eigenvalue weighted by atomic mass is 10.3. The van der Waals surface area contributed by atoms with Gasteiger partial charge in [0, 0.05) is 16.3 Å². The van der Waals surface area contributed by atoms with E-state index in [-0.39, 0.29) is 6.61 Å². The number of benzene rings is 3. The highest BCUT2D eigenvalue weighted by Crippen LogP contribution is 2.49. The van der Waals surface area contributed by atoms with Gasteiger partial charge < -0.3 is 19.4 Å². The Morgan fingerprint density at radius 3 is 1.97 bits per heavy atom. The average Bonchev–Trinajstić information content (AvgIpc) is 2.87. The Hall–Kier alpha value is -3.57. The molecule has 1 amide bonds. The molecule has 0 aliphatic rings. The topological polar surface area (TPSA) is 89.0 Å². The van der Waals surface area contributed by atoms with Crippen molar-refractivity contribution >= 4 is 35.2 Å². The molecule has 33 heavy (non-hydrogen) atoms. The maximum Gasteiger partial charge on any atom is 0.427 e. The second-order valence-corrected chi connectivity index (χ2v) is 10.1. The summed E-state index contributed by atoms with van der Waals surface area (Å²) in [5.74, 6) is -0.0293. The fourth-order valence-electron chi connectivity index (χ4n) is 3.41. The third-order valence-corrected chi connectivity index (χ3v) is 8.39. The lowest BCUT2D eigenvalue weighted by Crippen LogP contribution is -2.37. The Bertz CT molecular complexity index is 1080. The monoisotopic (exact) mass is 465 g/mol. The van der Waals surface area contributed by atoms with Gasteiger partial charge in [0.1, 0.15) is 11.5 Å². The molecule has 8 heteroatoms. The Morgan fingerprint density at radius 1 is 0.939 bits per heavy atom. The molecule has 0 radical (unpaired) electrons. The maximum absolute atomic E-state index is 14.9. The molecule has 7 nitrogen and oxygen atoms in total. The number of carbonyl (C=O) groups excluding carboxylic acids is 1. The molecular weight excluding hydrogens is 437 g/mol. The predicted octanol–water partition coefficient (Wildman–Crippen LogP) is 4.57. The summed E-state index contributed by atoms with van der Waals surface area (Å²) in [7, 11) is -1.72. The minimum atomic E-state index is -3.32. The van der Waals surface area contributed by atoms with E-state index < -0.39 is 19.0 Å². The van der Waals surface area contributed by atoms with Crippen molar-refractivity contribution < 1.29 is 18.8 Å². The molecule has 2 N–H and O–H groups in total. The van der Waals surface area contributed by atoms with Crippen molar-refractivity contribution in [1.29, 1.82) is 0 Å². The molecule has 0 fully saturated rings. The van der Waals surface area contributed by atoms with Crippen molar-refractivity contribution in [3.8, 4) is 5.75 Å². The van der Waals surface area contributed by atoms with E-state index in [1.165, 1.54) is 0 Å². The molecule has 0 bridgehead atoms.